The summed E-state index contributed by atoms with van der Waals surface area (Å²) in [5.41, 5.74) is 5.46. The van der Waals surface area contributed by atoms with Crippen LogP contribution in [-0.2, 0) is 6.42 Å². The van der Waals surface area contributed by atoms with Crippen LogP contribution in [0.4, 0.5) is 0 Å². The smallest absolute Gasteiger partial charge is 0.133 e. The van der Waals surface area contributed by atoms with E-state index in [1.807, 2.05) is 6.92 Å². The fraction of sp³-hybridized carbons (Fsp3) is 0.833. The lowest BCUT2D eigenvalue weighted by atomic mass is 10.1. The molecule has 4 heteroatoms. The van der Waals surface area contributed by atoms with Gasteiger partial charge in [-0.05, 0) is 40.2 Å². The van der Waals surface area contributed by atoms with Crippen molar-refractivity contribution in [2.75, 3.05) is 6.54 Å². The van der Waals surface area contributed by atoms with E-state index in [4.69, 9.17) is 5.73 Å². The third kappa shape index (κ3) is 3.59. The average Bonchev–Trinajstić information content (AvgIpc) is 2.59. The van der Waals surface area contributed by atoms with Crippen LogP contribution in [0.15, 0.2) is 0 Å². The molecular formula is C12H24N4. The molecule has 0 saturated heterocycles. The normalized spacial score (nSPS) is 11.3. The highest BCUT2D eigenvalue weighted by atomic mass is 15.3. The van der Waals surface area contributed by atoms with E-state index in [0.29, 0.717) is 6.04 Å². The topological polar surface area (TPSA) is 56.7 Å². The highest BCUT2D eigenvalue weighted by molar-refractivity contribution is 4.96. The van der Waals surface area contributed by atoms with Crippen molar-refractivity contribution in [1.82, 2.24) is 14.8 Å². The summed E-state index contributed by atoms with van der Waals surface area (Å²) in [5, 5.41) is 8.39. The number of aromatic nitrogens is 3. The number of hydrogen-bond donors (Lipinski definition) is 1. The predicted octanol–water partition coefficient (Wildman–Crippen LogP) is 2.23. The van der Waals surface area contributed by atoms with Crippen molar-refractivity contribution in [3.8, 4) is 0 Å². The molecule has 0 aliphatic heterocycles. The first-order valence-electron chi connectivity index (χ1n) is 6.27. The van der Waals surface area contributed by atoms with Crippen LogP contribution in [-0.4, -0.2) is 21.3 Å². The zero-order valence-electron chi connectivity index (χ0n) is 10.7. The van der Waals surface area contributed by atoms with Crippen LogP contribution in [0.2, 0.25) is 0 Å². The van der Waals surface area contributed by atoms with Gasteiger partial charge in [0, 0.05) is 12.5 Å². The Bertz CT molecular complexity index is 304. The van der Waals surface area contributed by atoms with Crippen LogP contribution >= 0.6 is 0 Å². The predicted molar refractivity (Wildman–Crippen MR) is 66.4 cm³/mol. The summed E-state index contributed by atoms with van der Waals surface area (Å²) in [6, 6.07) is 0.453. The van der Waals surface area contributed by atoms with E-state index in [-0.39, 0.29) is 0 Å². The second kappa shape index (κ2) is 6.63. The van der Waals surface area contributed by atoms with Crippen LogP contribution in [0.1, 0.15) is 57.2 Å². The van der Waals surface area contributed by atoms with Gasteiger partial charge in [-0.25, -0.2) is 0 Å². The summed E-state index contributed by atoms with van der Waals surface area (Å²) in [6.07, 6.45) is 5.82. The largest absolute Gasteiger partial charge is 0.330 e. The number of rotatable bonds is 7. The number of nitrogens with two attached hydrogens (primary N) is 1. The first-order valence-corrected chi connectivity index (χ1v) is 6.27. The van der Waals surface area contributed by atoms with Crippen molar-refractivity contribution in [3.05, 3.63) is 11.6 Å². The summed E-state index contributed by atoms with van der Waals surface area (Å²) in [5.74, 6) is 2.15. The molecule has 0 spiro atoms. The SMILES string of the molecule is Cc1nnc(CCCCCCN)n1C(C)C. The molecule has 0 aliphatic rings. The van der Waals surface area contributed by atoms with Crippen molar-refractivity contribution in [3.63, 3.8) is 0 Å². The van der Waals surface area contributed by atoms with Gasteiger partial charge in [-0.3, -0.25) is 0 Å². The number of hydrogen-bond acceptors (Lipinski definition) is 3. The van der Waals surface area contributed by atoms with E-state index >= 15 is 0 Å². The maximum absolute atomic E-state index is 5.46. The van der Waals surface area contributed by atoms with Crippen LogP contribution in [0.25, 0.3) is 0 Å². The molecule has 1 rings (SSSR count). The van der Waals surface area contributed by atoms with Gasteiger partial charge in [0.2, 0.25) is 0 Å². The highest BCUT2D eigenvalue weighted by Gasteiger charge is 2.10. The lowest BCUT2D eigenvalue weighted by Crippen LogP contribution is -2.08. The fourth-order valence-corrected chi connectivity index (χ4v) is 2.04. The minimum absolute atomic E-state index is 0.453. The molecule has 0 atom stereocenters. The Morgan fingerprint density at radius 1 is 1.12 bits per heavy atom. The Hall–Kier alpha value is -0.900. The molecule has 0 bridgehead atoms. The van der Waals surface area contributed by atoms with Gasteiger partial charge in [-0.2, -0.15) is 0 Å². The minimum atomic E-state index is 0.453. The zero-order valence-corrected chi connectivity index (χ0v) is 10.7. The third-order valence-electron chi connectivity index (χ3n) is 2.81. The van der Waals surface area contributed by atoms with Gasteiger partial charge in [0.1, 0.15) is 11.6 Å². The van der Waals surface area contributed by atoms with Crippen molar-refractivity contribution in [2.45, 2.75) is 58.9 Å². The molecule has 92 valence electrons. The number of aryl methyl sites for hydroxylation is 2. The van der Waals surface area contributed by atoms with E-state index < -0.39 is 0 Å². The Labute approximate surface area is 98.2 Å². The average molecular weight is 224 g/mol. The van der Waals surface area contributed by atoms with Crippen LogP contribution in [0.5, 0.6) is 0 Å². The van der Waals surface area contributed by atoms with E-state index in [9.17, 15) is 0 Å². The van der Waals surface area contributed by atoms with E-state index in [2.05, 4.69) is 28.6 Å². The molecule has 4 nitrogen and oxygen atoms in total. The summed E-state index contributed by atoms with van der Waals surface area (Å²) >= 11 is 0. The third-order valence-corrected chi connectivity index (χ3v) is 2.81. The first kappa shape index (κ1) is 13.2. The van der Waals surface area contributed by atoms with Crippen LogP contribution < -0.4 is 5.73 Å². The molecule has 0 aliphatic carbocycles. The lowest BCUT2D eigenvalue weighted by Gasteiger charge is -2.12. The molecule has 0 aromatic carbocycles. The van der Waals surface area contributed by atoms with Gasteiger partial charge in [-0.15, -0.1) is 10.2 Å². The molecule has 0 radical (unpaired) electrons. The Morgan fingerprint density at radius 3 is 2.44 bits per heavy atom. The van der Waals surface area contributed by atoms with E-state index in [0.717, 1.165) is 31.0 Å². The van der Waals surface area contributed by atoms with E-state index in [1.165, 1.54) is 19.3 Å². The molecule has 2 N–H and O–H groups in total. The van der Waals surface area contributed by atoms with Gasteiger partial charge in [0.25, 0.3) is 0 Å². The summed E-state index contributed by atoms with van der Waals surface area (Å²) in [6.45, 7) is 7.18. The molecule has 0 amide bonds. The summed E-state index contributed by atoms with van der Waals surface area (Å²) in [7, 11) is 0. The second-order valence-corrected chi connectivity index (χ2v) is 4.58. The Morgan fingerprint density at radius 2 is 1.81 bits per heavy atom. The molecule has 1 aromatic heterocycles. The maximum atomic E-state index is 5.46. The number of unbranched alkanes of at least 4 members (excludes halogenated alkanes) is 3. The van der Waals surface area contributed by atoms with Gasteiger partial charge in [-0.1, -0.05) is 12.8 Å². The fourth-order valence-electron chi connectivity index (χ4n) is 2.04. The van der Waals surface area contributed by atoms with Gasteiger partial charge in [0.05, 0.1) is 0 Å². The molecule has 0 unspecified atom stereocenters. The van der Waals surface area contributed by atoms with Crippen molar-refractivity contribution < 1.29 is 0 Å². The first-order chi connectivity index (χ1) is 7.66. The maximum Gasteiger partial charge on any atom is 0.133 e. The minimum Gasteiger partial charge on any atom is -0.330 e. The number of nitrogens with zero attached hydrogens (tertiary/aromatic N) is 3. The molecule has 0 fully saturated rings. The summed E-state index contributed by atoms with van der Waals surface area (Å²) in [4.78, 5) is 0. The van der Waals surface area contributed by atoms with Crippen molar-refractivity contribution >= 4 is 0 Å². The van der Waals surface area contributed by atoms with Crippen LogP contribution in [0.3, 0.4) is 0 Å². The molecule has 1 heterocycles. The van der Waals surface area contributed by atoms with Crippen LogP contribution in [0, 0.1) is 6.92 Å². The Balaban J connectivity index is 2.41. The second-order valence-electron chi connectivity index (χ2n) is 4.58. The van der Waals surface area contributed by atoms with Crippen molar-refractivity contribution in [1.29, 1.82) is 0 Å². The van der Waals surface area contributed by atoms with Crippen molar-refractivity contribution in [2.24, 2.45) is 5.73 Å². The van der Waals surface area contributed by atoms with Gasteiger partial charge in [0.15, 0.2) is 0 Å². The van der Waals surface area contributed by atoms with Gasteiger partial charge < -0.3 is 10.3 Å². The monoisotopic (exact) mass is 224 g/mol. The zero-order chi connectivity index (χ0) is 12.0. The molecular weight excluding hydrogens is 200 g/mol. The standard InChI is InChI=1S/C12H24N4/c1-10(2)16-11(3)14-15-12(16)8-6-4-5-7-9-13/h10H,4-9,13H2,1-3H3. The lowest BCUT2D eigenvalue weighted by molar-refractivity contribution is 0.539. The summed E-state index contributed by atoms with van der Waals surface area (Å²) < 4.78 is 2.23. The van der Waals surface area contributed by atoms with Gasteiger partial charge >= 0.3 is 0 Å². The molecule has 0 saturated carbocycles. The highest BCUT2D eigenvalue weighted by Crippen LogP contribution is 2.13. The quantitative estimate of drug-likeness (QED) is 0.723. The molecule has 16 heavy (non-hydrogen) atoms. The molecule has 1 aromatic rings. The Kier molecular flexibility index (Phi) is 5.46. The van der Waals surface area contributed by atoms with E-state index in [1.54, 1.807) is 0 Å².